The SMILES string of the molecule is CCc1noc(CN2CCC(CN)CC2)n1. The number of rotatable bonds is 4. The van der Waals surface area contributed by atoms with Crippen LogP contribution in [0.3, 0.4) is 0 Å². The van der Waals surface area contributed by atoms with E-state index in [0.29, 0.717) is 5.92 Å². The summed E-state index contributed by atoms with van der Waals surface area (Å²) in [7, 11) is 0. The fourth-order valence-corrected chi connectivity index (χ4v) is 2.07. The van der Waals surface area contributed by atoms with Gasteiger partial charge in [0.15, 0.2) is 5.82 Å². The second-order valence-electron chi connectivity index (χ2n) is 4.41. The summed E-state index contributed by atoms with van der Waals surface area (Å²) in [5.41, 5.74) is 5.66. The molecular formula is C11H20N4O. The van der Waals surface area contributed by atoms with Crippen molar-refractivity contribution in [2.24, 2.45) is 11.7 Å². The fourth-order valence-electron chi connectivity index (χ4n) is 2.07. The molecule has 0 atom stereocenters. The summed E-state index contributed by atoms with van der Waals surface area (Å²) in [5, 5.41) is 3.90. The average Bonchev–Trinajstić information content (AvgIpc) is 2.78. The summed E-state index contributed by atoms with van der Waals surface area (Å²) in [5.74, 6) is 2.24. The molecular weight excluding hydrogens is 204 g/mol. The molecule has 2 rings (SSSR count). The normalized spacial score (nSPS) is 19.1. The van der Waals surface area contributed by atoms with Crippen molar-refractivity contribution in [3.63, 3.8) is 0 Å². The number of nitrogens with two attached hydrogens (primary N) is 1. The van der Waals surface area contributed by atoms with Crippen LogP contribution in [0.4, 0.5) is 0 Å². The van der Waals surface area contributed by atoms with Crippen molar-refractivity contribution in [1.82, 2.24) is 15.0 Å². The first-order valence-electron chi connectivity index (χ1n) is 6.05. The highest BCUT2D eigenvalue weighted by Gasteiger charge is 2.19. The van der Waals surface area contributed by atoms with Gasteiger partial charge in [-0.1, -0.05) is 12.1 Å². The number of aryl methyl sites for hydroxylation is 1. The lowest BCUT2D eigenvalue weighted by molar-refractivity contribution is 0.161. The van der Waals surface area contributed by atoms with Gasteiger partial charge in [0.05, 0.1) is 6.54 Å². The topological polar surface area (TPSA) is 68.2 Å². The van der Waals surface area contributed by atoms with E-state index >= 15 is 0 Å². The van der Waals surface area contributed by atoms with Gasteiger partial charge >= 0.3 is 0 Å². The van der Waals surface area contributed by atoms with Crippen LogP contribution < -0.4 is 5.73 Å². The Morgan fingerprint density at radius 3 is 2.75 bits per heavy atom. The molecule has 1 fully saturated rings. The maximum absolute atomic E-state index is 5.66. The van der Waals surface area contributed by atoms with Crippen LogP contribution in [0.5, 0.6) is 0 Å². The Bertz CT molecular complexity index is 318. The highest BCUT2D eigenvalue weighted by atomic mass is 16.5. The van der Waals surface area contributed by atoms with Gasteiger partial charge in [0, 0.05) is 6.42 Å². The van der Waals surface area contributed by atoms with E-state index in [1.165, 1.54) is 12.8 Å². The standard InChI is InChI=1S/C11H20N4O/c1-2-10-13-11(16-14-10)8-15-5-3-9(7-12)4-6-15/h9H,2-8,12H2,1H3. The van der Waals surface area contributed by atoms with Crippen LogP contribution in [-0.2, 0) is 13.0 Å². The zero-order valence-corrected chi connectivity index (χ0v) is 9.85. The van der Waals surface area contributed by atoms with Crippen LogP contribution in [0.25, 0.3) is 0 Å². The minimum Gasteiger partial charge on any atom is -0.338 e. The molecule has 1 aliphatic heterocycles. The Morgan fingerprint density at radius 2 is 2.19 bits per heavy atom. The number of hydrogen-bond donors (Lipinski definition) is 1. The molecule has 0 aromatic carbocycles. The summed E-state index contributed by atoms with van der Waals surface area (Å²) >= 11 is 0. The third kappa shape index (κ3) is 2.80. The van der Waals surface area contributed by atoms with E-state index in [2.05, 4.69) is 15.0 Å². The summed E-state index contributed by atoms with van der Waals surface area (Å²) < 4.78 is 5.18. The van der Waals surface area contributed by atoms with Crippen molar-refractivity contribution in [1.29, 1.82) is 0 Å². The first-order chi connectivity index (χ1) is 7.81. The zero-order chi connectivity index (χ0) is 11.4. The van der Waals surface area contributed by atoms with Gasteiger partial charge in [-0.2, -0.15) is 4.98 Å². The Labute approximate surface area is 96.0 Å². The van der Waals surface area contributed by atoms with Crippen molar-refractivity contribution in [2.75, 3.05) is 19.6 Å². The maximum Gasteiger partial charge on any atom is 0.240 e. The van der Waals surface area contributed by atoms with Crippen molar-refractivity contribution < 1.29 is 4.52 Å². The predicted molar refractivity (Wildman–Crippen MR) is 60.7 cm³/mol. The van der Waals surface area contributed by atoms with E-state index < -0.39 is 0 Å². The van der Waals surface area contributed by atoms with Crippen molar-refractivity contribution >= 4 is 0 Å². The van der Waals surface area contributed by atoms with E-state index in [4.69, 9.17) is 10.3 Å². The quantitative estimate of drug-likeness (QED) is 0.819. The molecule has 90 valence electrons. The summed E-state index contributed by atoms with van der Waals surface area (Å²) in [4.78, 5) is 6.68. The van der Waals surface area contributed by atoms with E-state index in [0.717, 1.165) is 44.3 Å². The molecule has 0 radical (unpaired) electrons. The highest BCUT2D eigenvalue weighted by Crippen LogP contribution is 2.17. The van der Waals surface area contributed by atoms with Crippen LogP contribution in [0.2, 0.25) is 0 Å². The summed E-state index contributed by atoms with van der Waals surface area (Å²) in [6.07, 6.45) is 3.20. The largest absolute Gasteiger partial charge is 0.338 e. The van der Waals surface area contributed by atoms with Gasteiger partial charge in [-0.15, -0.1) is 0 Å². The van der Waals surface area contributed by atoms with Gasteiger partial charge in [0.1, 0.15) is 0 Å². The molecule has 1 aromatic heterocycles. The molecule has 1 saturated heterocycles. The Balaban J connectivity index is 1.82. The van der Waals surface area contributed by atoms with Crippen LogP contribution in [0.15, 0.2) is 4.52 Å². The van der Waals surface area contributed by atoms with Gasteiger partial charge in [0.2, 0.25) is 5.89 Å². The minimum absolute atomic E-state index is 0.699. The molecule has 2 heterocycles. The van der Waals surface area contributed by atoms with Gasteiger partial charge in [-0.05, 0) is 38.4 Å². The Kier molecular flexibility index (Phi) is 3.90. The van der Waals surface area contributed by atoms with Crippen LogP contribution in [-0.4, -0.2) is 34.7 Å². The van der Waals surface area contributed by atoms with Gasteiger partial charge in [-0.3, -0.25) is 4.90 Å². The number of nitrogens with zero attached hydrogens (tertiary/aromatic N) is 3. The number of hydrogen-bond acceptors (Lipinski definition) is 5. The maximum atomic E-state index is 5.66. The van der Waals surface area contributed by atoms with E-state index in [1.54, 1.807) is 0 Å². The first kappa shape index (κ1) is 11.5. The lowest BCUT2D eigenvalue weighted by atomic mass is 9.97. The third-order valence-electron chi connectivity index (χ3n) is 3.23. The van der Waals surface area contributed by atoms with Crippen LogP contribution in [0.1, 0.15) is 31.5 Å². The smallest absolute Gasteiger partial charge is 0.240 e. The molecule has 0 spiro atoms. The van der Waals surface area contributed by atoms with E-state index in [1.807, 2.05) is 6.92 Å². The number of aromatic nitrogens is 2. The van der Waals surface area contributed by atoms with Crippen LogP contribution in [0, 0.1) is 5.92 Å². The molecule has 0 amide bonds. The molecule has 5 heteroatoms. The fraction of sp³-hybridized carbons (Fsp3) is 0.818. The predicted octanol–water partition coefficient (Wildman–Crippen LogP) is 0.803. The second kappa shape index (κ2) is 5.41. The van der Waals surface area contributed by atoms with Gasteiger partial charge in [0.25, 0.3) is 0 Å². The summed E-state index contributed by atoms with van der Waals surface area (Å²) in [6, 6.07) is 0. The minimum atomic E-state index is 0.699. The van der Waals surface area contributed by atoms with Crippen molar-refractivity contribution in [2.45, 2.75) is 32.7 Å². The lowest BCUT2D eigenvalue weighted by Gasteiger charge is -2.30. The number of likely N-dealkylation sites (tertiary alicyclic amines) is 1. The van der Waals surface area contributed by atoms with Crippen molar-refractivity contribution in [3.8, 4) is 0 Å². The molecule has 16 heavy (non-hydrogen) atoms. The third-order valence-corrected chi connectivity index (χ3v) is 3.23. The molecule has 0 bridgehead atoms. The van der Waals surface area contributed by atoms with Crippen molar-refractivity contribution in [3.05, 3.63) is 11.7 Å². The van der Waals surface area contributed by atoms with Crippen LogP contribution >= 0.6 is 0 Å². The molecule has 2 N–H and O–H groups in total. The molecule has 5 nitrogen and oxygen atoms in total. The zero-order valence-electron chi connectivity index (χ0n) is 9.85. The second-order valence-corrected chi connectivity index (χ2v) is 4.41. The molecule has 0 aliphatic carbocycles. The highest BCUT2D eigenvalue weighted by molar-refractivity contribution is 4.86. The average molecular weight is 224 g/mol. The van der Waals surface area contributed by atoms with Gasteiger partial charge in [-0.25, -0.2) is 0 Å². The molecule has 1 aliphatic rings. The number of piperidine rings is 1. The molecule has 0 saturated carbocycles. The summed E-state index contributed by atoms with van der Waals surface area (Å²) in [6.45, 7) is 5.80. The Hall–Kier alpha value is -0.940. The first-order valence-corrected chi connectivity index (χ1v) is 6.05. The lowest BCUT2D eigenvalue weighted by Crippen LogP contribution is -2.35. The molecule has 1 aromatic rings. The van der Waals surface area contributed by atoms with E-state index in [9.17, 15) is 0 Å². The van der Waals surface area contributed by atoms with E-state index in [-0.39, 0.29) is 0 Å². The molecule has 0 unspecified atom stereocenters. The monoisotopic (exact) mass is 224 g/mol. The Morgan fingerprint density at radius 1 is 1.44 bits per heavy atom. The van der Waals surface area contributed by atoms with Gasteiger partial charge < -0.3 is 10.3 Å².